The normalized spacial score (nSPS) is 25.1. The summed E-state index contributed by atoms with van der Waals surface area (Å²) in [7, 11) is 0. The monoisotopic (exact) mass is 426 g/mol. The molecule has 0 radical (unpaired) electrons. The smallest absolute Gasteiger partial charge is 0.248 e. The lowest BCUT2D eigenvalue weighted by Crippen LogP contribution is -2.61. The van der Waals surface area contributed by atoms with Gasteiger partial charge in [-0.05, 0) is 49.8 Å². The summed E-state index contributed by atoms with van der Waals surface area (Å²) in [6, 6.07) is 5.74. The van der Waals surface area contributed by atoms with Gasteiger partial charge in [0.15, 0.2) is 0 Å². The Balaban J connectivity index is 1.25. The standard InChI is InChI=1S/C22H30N6O3/c1-2-26-14-24-17-4-3-15(11-18(17)26)27-7-9-28(10-8-27)21(30)19-16(20(29)25-31)12-22(5-6-22)13-23-19/h3-4,11,14,16,19,23,31H,2,5-10,12-13H2,1H3,(H,25,29)/t16-,19-/m0/s1. The van der Waals surface area contributed by atoms with Gasteiger partial charge in [0.25, 0.3) is 0 Å². The first kappa shape index (κ1) is 20.3. The summed E-state index contributed by atoms with van der Waals surface area (Å²) in [5.41, 5.74) is 5.16. The molecule has 31 heavy (non-hydrogen) atoms. The van der Waals surface area contributed by atoms with Crippen LogP contribution in [0.2, 0.25) is 0 Å². The molecule has 1 aliphatic carbocycles. The highest BCUT2D eigenvalue weighted by Gasteiger charge is 2.52. The number of anilines is 1. The molecule has 166 valence electrons. The number of amides is 2. The van der Waals surface area contributed by atoms with Crippen molar-refractivity contribution in [3.05, 3.63) is 24.5 Å². The highest BCUT2D eigenvalue weighted by molar-refractivity contribution is 5.90. The van der Waals surface area contributed by atoms with E-state index in [0.29, 0.717) is 19.5 Å². The van der Waals surface area contributed by atoms with Crippen molar-refractivity contribution in [3.63, 3.8) is 0 Å². The number of hydrogen-bond donors (Lipinski definition) is 3. The van der Waals surface area contributed by atoms with Crippen molar-refractivity contribution in [1.82, 2.24) is 25.2 Å². The van der Waals surface area contributed by atoms with Crippen LogP contribution < -0.4 is 15.7 Å². The van der Waals surface area contributed by atoms with Crippen molar-refractivity contribution in [2.24, 2.45) is 11.3 Å². The Bertz CT molecular complexity index is 992. The van der Waals surface area contributed by atoms with E-state index in [2.05, 4.69) is 38.8 Å². The van der Waals surface area contributed by atoms with Gasteiger partial charge in [0.1, 0.15) is 0 Å². The second-order valence-electron chi connectivity index (χ2n) is 9.16. The van der Waals surface area contributed by atoms with Crippen LogP contribution in [0, 0.1) is 11.3 Å². The number of carbonyl (C=O) groups excluding carboxylic acids is 2. The molecular weight excluding hydrogens is 396 g/mol. The van der Waals surface area contributed by atoms with E-state index in [0.717, 1.165) is 55.7 Å². The zero-order chi connectivity index (χ0) is 21.6. The fraction of sp³-hybridized carbons (Fsp3) is 0.591. The molecule has 0 unspecified atom stereocenters. The van der Waals surface area contributed by atoms with Gasteiger partial charge in [0.2, 0.25) is 11.8 Å². The van der Waals surface area contributed by atoms with Crippen molar-refractivity contribution >= 4 is 28.5 Å². The van der Waals surface area contributed by atoms with Crippen molar-refractivity contribution < 1.29 is 14.8 Å². The van der Waals surface area contributed by atoms with Crippen LogP contribution in [-0.4, -0.2) is 70.2 Å². The summed E-state index contributed by atoms with van der Waals surface area (Å²) in [4.78, 5) is 34.1. The second kappa shape index (κ2) is 7.80. The molecule has 2 amide bonds. The van der Waals surface area contributed by atoms with E-state index in [9.17, 15) is 14.8 Å². The quantitative estimate of drug-likeness (QED) is 0.497. The number of hydrogen-bond acceptors (Lipinski definition) is 6. The average molecular weight is 427 g/mol. The lowest BCUT2D eigenvalue weighted by molar-refractivity contribution is -0.145. The molecule has 1 aromatic carbocycles. The molecule has 2 aliphatic heterocycles. The minimum Gasteiger partial charge on any atom is -0.368 e. The number of carbonyl (C=O) groups is 2. The molecule has 3 N–H and O–H groups in total. The summed E-state index contributed by atoms with van der Waals surface area (Å²) >= 11 is 0. The molecule has 5 rings (SSSR count). The van der Waals surface area contributed by atoms with Crippen LogP contribution in [0.3, 0.4) is 0 Å². The Morgan fingerprint density at radius 1 is 1.26 bits per heavy atom. The molecule has 3 aliphatic rings. The van der Waals surface area contributed by atoms with Crippen LogP contribution in [0.25, 0.3) is 11.0 Å². The van der Waals surface area contributed by atoms with Crippen LogP contribution in [0.15, 0.2) is 24.5 Å². The number of aromatic nitrogens is 2. The minimum absolute atomic E-state index is 0.0386. The van der Waals surface area contributed by atoms with Crippen LogP contribution in [0.1, 0.15) is 26.2 Å². The Kier molecular flexibility index (Phi) is 5.10. The highest BCUT2D eigenvalue weighted by atomic mass is 16.5. The predicted octanol–water partition coefficient (Wildman–Crippen LogP) is 0.969. The number of aryl methyl sites for hydroxylation is 1. The zero-order valence-electron chi connectivity index (χ0n) is 17.9. The SMILES string of the molecule is CCn1cnc2ccc(N3CCN(C(=O)[C@H]4NCC5(CC5)C[C@@H]4C(=O)NO)CC3)cc21. The van der Waals surface area contributed by atoms with E-state index >= 15 is 0 Å². The number of rotatable bonds is 4. The molecule has 9 nitrogen and oxygen atoms in total. The molecule has 1 saturated carbocycles. The summed E-state index contributed by atoms with van der Waals surface area (Å²) < 4.78 is 2.13. The lowest BCUT2D eigenvalue weighted by atomic mass is 9.81. The van der Waals surface area contributed by atoms with Gasteiger partial charge in [-0.25, -0.2) is 10.5 Å². The van der Waals surface area contributed by atoms with Crippen molar-refractivity contribution in [1.29, 1.82) is 0 Å². The molecular formula is C22H30N6O3. The molecule has 3 heterocycles. The first-order chi connectivity index (χ1) is 15.0. The maximum absolute atomic E-state index is 13.3. The number of benzene rings is 1. The van der Waals surface area contributed by atoms with E-state index in [-0.39, 0.29) is 11.3 Å². The van der Waals surface area contributed by atoms with Crippen LogP contribution >= 0.6 is 0 Å². The van der Waals surface area contributed by atoms with Gasteiger partial charge in [-0.2, -0.15) is 0 Å². The van der Waals surface area contributed by atoms with Gasteiger partial charge < -0.3 is 19.7 Å². The van der Waals surface area contributed by atoms with Crippen molar-refractivity contribution in [3.8, 4) is 0 Å². The van der Waals surface area contributed by atoms with Crippen molar-refractivity contribution in [2.45, 2.75) is 38.8 Å². The van der Waals surface area contributed by atoms with E-state index in [1.54, 1.807) is 5.48 Å². The molecule has 0 bridgehead atoms. The molecule has 3 fully saturated rings. The van der Waals surface area contributed by atoms with Gasteiger partial charge in [-0.3, -0.25) is 14.8 Å². The van der Waals surface area contributed by atoms with Gasteiger partial charge in [-0.1, -0.05) is 0 Å². The first-order valence-electron chi connectivity index (χ1n) is 11.2. The molecule has 1 aromatic heterocycles. The zero-order valence-corrected chi connectivity index (χ0v) is 17.9. The van der Waals surface area contributed by atoms with E-state index in [4.69, 9.17) is 0 Å². The fourth-order valence-electron chi connectivity index (χ4n) is 5.14. The topological polar surface area (TPSA) is 103 Å². The summed E-state index contributed by atoms with van der Waals surface area (Å²) in [5, 5.41) is 12.5. The molecule has 1 spiro atoms. The largest absolute Gasteiger partial charge is 0.368 e. The molecule has 2 atom stereocenters. The van der Waals surface area contributed by atoms with Crippen LogP contribution in [0.5, 0.6) is 0 Å². The Hall–Kier alpha value is -2.65. The maximum Gasteiger partial charge on any atom is 0.248 e. The van der Waals surface area contributed by atoms with Gasteiger partial charge in [-0.15, -0.1) is 0 Å². The number of nitrogens with zero attached hydrogens (tertiary/aromatic N) is 4. The van der Waals surface area contributed by atoms with E-state index in [1.807, 2.05) is 17.3 Å². The fourth-order valence-corrected chi connectivity index (χ4v) is 5.14. The second-order valence-corrected chi connectivity index (χ2v) is 9.16. The molecule has 2 aromatic rings. The Morgan fingerprint density at radius 3 is 2.71 bits per heavy atom. The van der Waals surface area contributed by atoms with Gasteiger partial charge in [0.05, 0.1) is 29.3 Å². The van der Waals surface area contributed by atoms with Gasteiger partial charge >= 0.3 is 0 Å². The number of imidazole rings is 1. The first-order valence-corrected chi connectivity index (χ1v) is 11.2. The maximum atomic E-state index is 13.3. The number of piperidine rings is 1. The third kappa shape index (κ3) is 3.65. The summed E-state index contributed by atoms with van der Waals surface area (Å²) in [6.45, 7) is 6.45. The number of nitrogens with one attached hydrogen (secondary N) is 2. The predicted molar refractivity (Wildman–Crippen MR) is 116 cm³/mol. The van der Waals surface area contributed by atoms with E-state index < -0.39 is 17.9 Å². The highest BCUT2D eigenvalue weighted by Crippen LogP contribution is 2.52. The Labute approximate surface area is 181 Å². The Morgan fingerprint density at radius 2 is 2.03 bits per heavy atom. The third-order valence-electron chi connectivity index (χ3n) is 7.32. The lowest BCUT2D eigenvalue weighted by Gasteiger charge is -2.41. The third-order valence-corrected chi connectivity index (χ3v) is 7.32. The van der Waals surface area contributed by atoms with E-state index in [1.165, 1.54) is 0 Å². The van der Waals surface area contributed by atoms with Gasteiger partial charge in [0, 0.05) is 45.0 Å². The van der Waals surface area contributed by atoms with Crippen LogP contribution in [-0.2, 0) is 16.1 Å². The average Bonchev–Trinajstić information content (AvgIpc) is 3.43. The number of hydroxylamine groups is 1. The number of piperazine rings is 1. The molecule has 9 heteroatoms. The minimum atomic E-state index is -0.569. The molecule has 2 saturated heterocycles. The summed E-state index contributed by atoms with van der Waals surface area (Å²) in [5.74, 6) is -1.02. The summed E-state index contributed by atoms with van der Waals surface area (Å²) in [6.07, 6.45) is 4.69. The van der Waals surface area contributed by atoms with Crippen LogP contribution in [0.4, 0.5) is 5.69 Å². The van der Waals surface area contributed by atoms with Crippen molar-refractivity contribution in [2.75, 3.05) is 37.6 Å². The number of fused-ring (bicyclic) bond motifs is 1.